The van der Waals surface area contributed by atoms with Gasteiger partial charge in [0.25, 0.3) is 0 Å². The lowest BCUT2D eigenvalue weighted by atomic mass is 10.2. The summed E-state index contributed by atoms with van der Waals surface area (Å²) in [6, 6.07) is 5.64. The summed E-state index contributed by atoms with van der Waals surface area (Å²) in [6.07, 6.45) is 3.65. The number of rotatable bonds is 5. The first-order valence-electron chi connectivity index (χ1n) is 6.33. The van der Waals surface area contributed by atoms with Gasteiger partial charge in [-0.05, 0) is 18.2 Å². The van der Waals surface area contributed by atoms with Crippen LogP contribution in [0.3, 0.4) is 0 Å². The second-order valence-corrected chi connectivity index (χ2v) is 4.53. The third-order valence-corrected chi connectivity index (χ3v) is 3.03. The second kappa shape index (κ2) is 5.22. The van der Waals surface area contributed by atoms with Crippen molar-refractivity contribution in [3.63, 3.8) is 0 Å². The Morgan fingerprint density at radius 1 is 1.30 bits per heavy atom. The van der Waals surface area contributed by atoms with E-state index in [0.29, 0.717) is 13.1 Å². The molecule has 0 aliphatic rings. The Bertz CT molecular complexity index is 770. The molecule has 2 heterocycles. The SMILES string of the molecule is O=c1[nH]c2ccc(NCc3cnn(CCO)c3)cc2[nH]1. The predicted octanol–water partition coefficient (Wildman–Crippen LogP) is 0.657. The Kier molecular flexibility index (Phi) is 3.26. The van der Waals surface area contributed by atoms with Crippen molar-refractivity contribution in [1.29, 1.82) is 0 Å². The molecule has 0 aliphatic heterocycles. The van der Waals surface area contributed by atoms with Gasteiger partial charge in [-0.3, -0.25) is 4.68 Å². The minimum atomic E-state index is -0.206. The Hall–Kier alpha value is -2.54. The van der Waals surface area contributed by atoms with Crippen molar-refractivity contribution in [2.45, 2.75) is 13.1 Å². The first-order chi connectivity index (χ1) is 9.74. The van der Waals surface area contributed by atoms with E-state index in [1.807, 2.05) is 24.4 Å². The van der Waals surface area contributed by atoms with Gasteiger partial charge in [0.1, 0.15) is 0 Å². The Labute approximate surface area is 114 Å². The van der Waals surface area contributed by atoms with Gasteiger partial charge in [0.05, 0.1) is 30.4 Å². The summed E-state index contributed by atoms with van der Waals surface area (Å²) in [4.78, 5) is 16.6. The standard InChI is InChI=1S/C13H15N5O2/c19-4-3-18-8-9(7-15-18)6-14-10-1-2-11-12(5-10)17-13(20)16-11/h1-2,5,7-8,14,19H,3-4,6H2,(H2,16,17,20). The fraction of sp³-hybridized carbons (Fsp3) is 0.231. The molecule has 104 valence electrons. The van der Waals surface area contributed by atoms with E-state index in [9.17, 15) is 4.79 Å². The highest BCUT2D eigenvalue weighted by atomic mass is 16.3. The van der Waals surface area contributed by atoms with Crippen LogP contribution < -0.4 is 11.0 Å². The highest BCUT2D eigenvalue weighted by Gasteiger charge is 2.01. The number of H-pyrrole nitrogens is 2. The number of nitrogens with one attached hydrogen (secondary N) is 3. The van der Waals surface area contributed by atoms with Gasteiger partial charge in [-0.15, -0.1) is 0 Å². The van der Waals surface area contributed by atoms with Crippen LogP contribution in [0.1, 0.15) is 5.56 Å². The third kappa shape index (κ3) is 2.57. The lowest BCUT2D eigenvalue weighted by Crippen LogP contribution is -2.02. The number of imidazole rings is 1. The van der Waals surface area contributed by atoms with Crippen LogP contribution in [0, 0.1) is 0 Å². The molecule has 0 atom stereocenters. The van der Waals surface area contributed by atoms with Crippen molar-refractivity contribution < 1.29 is 5.11 Å². The number of aromatic amines is 2. The second-order valence-electron chi connectivity index (χ2n) is 4.53. The van der Waals surface area contributed by atoms with E-state index in [-0.39, 0.29) is 12.3 Å². The van der Waals surface area contributed by atoms with E-state index in [1.165, 1.54) is 0 Å². The minimum absolute atomic E-state index is 0.0755. The predicted molar refractivity (Wildman–Crippen MR) is 75.6 cm³/mol. The van der Waals surface area contributed by atoms with Gasteiger partial charge >= 0.3 is 5.69 Å². The molecule has 0 spiro atoms. The van der Waals surface area contributed by atoms with Crippen LogP contribution in [-0.4, -0.2) is 31.5 Å². The van der Waals surface area contributed by atoms with Crippen LogP contribution in [0.4, 0.5) is 5.69 Å². The molecule has 20 heavy (non-hydrogen) atoms. The number of hydrogen-bond donors (Lipinski definition) is 4. The van der Waals surface area contributed by atoms with E-state index in [1.54, 1.807) is 10.9 Å². The number of nitrogens with zero attached hydrogens (tertiary/aromatic N) is 2. The highest BCUT2D eigenvalue weighted by Crippen LogP contribution is 2.15. The summed E-state index contributed by atoms with van der Waals surface area (Å²) in [5.74, 6) is 0. The highest BCUT2D eigenvalue weighted by molar-refractivity contribution is 5.78. The smallest absolute Gasteiger partial charge is 0.323 e. The van der Waals surface area contributed by atoms with Crippen LogP contribution >= 0.6 is 0 Å². The maximum atomic E-state index is 11.2. The van der Waals surface area contributed by atoms with Crippen LogP contribution in [0.25, 0.3) is 11.0 Å². The van der Waals surface area contributed by atoms with E-state index < -0.39 is 0 Å². The number of hydrogen-bond acceptors (Lipinski definition) is 4. The Morgan fingerprint density at radius 2 is 2.15 bits per heavy atom. The molecule has 1 aromatic carbocycles. The topological polar surface area (TPSA) is 98.7 Å². The van der Waals surface area contributed by atoms with Crippen LogP contribution in [0.5, 0.6) is 0 Å². The largest absolute Gasteiger partial charge is 0.394 e. The zero-order valence-electron chi connectivity index (χ0n) is 10.8. The van der Waals surface area contributed by atoms with Gasteiger partial charge in [-0.25, -0.2) is 4.79 Å². The number of benzene rings is 1. The summed E-state index contributed by atoms with van der Waals surface area (Å²) < 4.78 is 1.70. The molecule has 0 aliphatic carbocycles. The zero-order valence-corrected chi connectivity index (χ0v) is 10.8. The van der Waals surface area contributed by atoms with E-state index >= 15 is 0 Å². The lowest BCUT2D eigenvalue weighted by Gasteiger charge is -2.04. The number of fused-ring (bicyclic) bond motifs is 1. The first-order valence-corrected chi connectivity index (χ1v) is 6.33. The molecule has 7 heteroatoms. The molecule has 0 amide bonds. The number of aliphatic hydroxyl groups excluding tert-OH is 1. The van der Waals surface area contributed by atoms with Gasteiger partial charge in [-0.2, -0.15) is 5.10 Å². The molecule has 7 nitrogen and oxygen atoms in total. The van der Waals surface area contributed by atoms with E-state index in [0.717, 1.165) is 22.3 Å². The molecule has 4 N–H and O–H groups in total. The molecule has 3 aromatic rings. The fourth-order valence-corrected chi connectivity index (χ4v) is 2.07. The maximum Gasteiger partial charge on any atom is 0.323 e. The van der Waals surface area contributed by atoms with Crippen LogP contribution in [-0.2, 0) is 13.1 Å². The van der Waals surface area contributed by atoms with Gasteiger partial charge in [0.15, 0.2) is 0 Å². The van der Waals surface area contributed by atoms with Gasteiger partial charge in [0.2, 0.25) is 0 Å². The van der Waals surface area contributed by atoms with E-state index in [2.05, 4.69) is 20.4 Å². The van der Waals surface area contributed by atoms with Crippen molar-refractivity contribution in [2.75, 3.05) is 11.9 Å². The van der Waals surface area contributed by atoms with Gasteiger partial charge in [0, 0.05) is 24.0 Å². The molecule has 0 saturated carbocycles. The van der Waals surface area contributed by atoms with Crippen LogP contribution in [0.2, 0.25) is 0 Å². The monoisotopic (exact) mass is 273 g/mol. The number of aliphatic hydroxyl groups is 1. The average Bonchev–Trinajstić information content (AvgIpc) is 3.01. The Balaban J connectivity index is 1.70. The van der Waals surface area contributed by atoms with Crippen molar-refractivity contribution in [3.05, 3.63) is 46.6 Å². The fourth-order valence-electron chi connectivity index (χ4n) is 2.07. The Morgan fingerprint density at radius 3 is 3.00 bits per heavy atom. The normalized spacial score (nSPS) is 11.1. The maximum absolute atomic E-state index is 11.2. The van der Waals surface area contributed by atoms with Crippen LogP contribution in [0.15, 0.2) is 35.4 Å². The molecule has 3 rings (SSSR count). The summed E-state index contributed by atoms with van der Waals surface area (Å²) in [6.45, 7) is 1.20. The molecule has 0 saturated heterocycles. The molecule has 0 unspecified atom stereocenters. The summed E-state index contributed by atoms with van der Waals surface area (Å²) in [7, 11) is 0. The number of anilines is 1. The summed E-state index contributed by atoms with van der Waals surface area (Å²) in [5, 5.41) is 16.2. The van der Waals surface area contributed by atoms with Crippen molar-refractivity contribution in [3.8, 4) is 0 Å². The van der Waals surface area contributed by atoms with Crippen molar-refractivity contribution in [2.24, 2.45) is 0 Å². The molecular formula is C13H15N5O2. The molecular weight excluding hydrogens is 258 g/mol. The molecule has 0 bridgehead atoms. The first kappa shape index (κ1) is 12.5. The molecule has 0 radical (unpaired) electrons. The minimum Gasteiger partial charge on any atom is -0.394 e. The van der Waals surface area contributed by atoms with Gasteiger partial charge in [-0.1, -0.05) is 0 Å². The quantitative estimate of drug-likeness (QED) is 0.548. The summed E-state index contributed by atoms with van der Waals surface area (Å²) in [5.41, 5.74) is 3.30. The zero-order chi connectivity index (χ0) is 13.9. The summed E-state index contributed by atoms with van der Waals surface area (Å²) >= 11 is 0. The molecule has 0 fully saturated rings. The molecule has 2 aromatic heterocycles. The lowest BCUT2D eigenvalue weighted by molar-refractivity contribution is 0.269. The van der Waals surface area contributed by atoms with Gasteiger partial charge < -0.3 is 20.4 Å². The average molecular weight is 273 g/mol. The third-order valence-electron chi connectivity index (χ3n) is 3.03. The number of aromatic nitrogens is 4. The van der Waals surface area contributed by atoms with E-state index in [4.69, 9.17) is 5.11 Å². The van der Waals surface area contributed by atoms with Crippen molar-refractivity contribution >= 4 is 16.7 Å². The van der Waals surface area contributed by atoms with Crippen molar-refractivity contribution in [1.82, 2.24) is 19.7 Å².